The van der Waals surface area contributed by atoms with Crippen LogP contribution in [-0.4, -0.2) is 17.8 Å². The molecule has 15 heavy (non-hydrogen) atoms. The fraction of sp³-hybridized carbons (Fsp3) is 0.300. The lowest BCUT2D eigenvalue weighted by Crippen LogP contribution is -2.25. The Morgan fingerprint density at radius 3 is 2.73 bits per heavy atom. The zero-order valence-corrected chi connectivity index (χ0v) is 11.4. The summed E-state index contributed by atoms with van der Waals surface area (Å²) in [6.45, 7) is 0.581. The minimum atomic E-state index is -0.0796. The van der Waals surface area contributed by atoms with E-state index in [2.05, 4.69) is 22.6 Å². The second-order valence-corrected chi connectivity index (χ2v) is 5.62. The lowest BCUT2D eigenvalue weighted by Gasteiger charge is -2.17. The van der Waals surface area contributed by atoms with Gasteiger partial charge in [0.25, 0.3) is 0 Å². The summed E-state index contributed by atoms with van der Waals surface area (Å²) in [5.41, 5.74) is 0.896. The highest BCUT2D eigenvalue weighted by atomic mass is 127. The lowest BCUT2D eigenvalue weighted by atomic mass is 10.3. The van der Waals surface area contributed by atoms with Gasteiger partial charge < -0.3 is 4.90 Å². The van der Waals surface area contributed by atoms with Crippen molar-refractivity contribution in [2.45, 2.75) is 11.8 Å². The van der Waals surface area contributed by atoms with Crippen LogP contribution in [0.25, 0.3) is 0 Å². The van der Waals surface area contributed by atoms with Crippen LogP contribution < -0.4 is 4.90 Å². The van der Waals surface area contributed by atoms with E-state index in [-0.39, 0.29) is 11.3 Å². The van der Waals surface area contributed by atoms with Gasteiger partial charge in [-0.3, -0.25) is 4.79 Å². The summed E-state index contributed by atoms with van der Waals surface area (Å²) in [6.07, 6.45) is 0.417. The van der Waals surface area contributed by atoms with E-state index in [9.17, 15) is 4.79 Å². The van der Waals surface area contributed by atoms with Crippen molar-refractivity contribution in [2.75, 3.05) is 11.4 Å². The highest BCUT2D eigenvalue weighted by Gasteiger charge is 2.30. The van der Waals surface area contributed by atoms with E-state index in [0.29, 0.717) is 18.0 Å². The standard InChI is InChI=1S/C10H8Cl2INO/c11-6-1-2-9(8(13)3-6)14-5-7(12)4-10(14)15/h1-3,7H,4-5H2. The van der Waals surface area contributed by atoms with E-state index in [4.69, 9.17) is 23.2 Å². The van der Waals surface area contributed by atoms with Gasteiger partial charge in [0, 0.05) is 21.6 Å². The maximum Gasteiger partial charge on any atom is 0.228 e. The fourth-order valence-corrected chi connectivity index (χ4v) is 3.03. The molecule has 1 aromatic carbocycles. The van der Waals surface area contributed by atoms with Crippen LogP contribution in [0.15, 0.2) is 18.2 Å². The molecule has 0 aromatic heterocycles. The van der Waals surface area contributed by atoms with Gasteiger partial charge in [-0.15, -0.1) is 11.6 Å². The largest absolute Gasteiger partial charge is 0.310 e. The van der Waals surface area contributed by atoms with Crippen LogP contribution >= 0.6 is 45.8 Å². The number of nitrogens with zero attached hydrogens (tertiary/aromatic N) is 1. The number of alkyl halides is 1. The summed E-state index contributed by atoms with van der Waals surface area (Å²) < 4.78 is 0.971. The number of benzene rings is 1. The van der Waals surface area contributed by atoms with Crippen molar-refractivity contribution in [3.05, 3.63) is 26.8 Å². The number of carbonyl (C=O) groups is 1. The molecular weight excluding hydrogens is 348 g/mol. The molecule has 1 aromatic rings. The van der Waals surface area contributed by atoms with Crippen LogP contribution in [0.3, 0.4) is 0 Å². The normalized spacial score (nSPS) is 21.1. The van der Waals surface area contributed by atoms with Crippen molar-refractivity contribution in [2.24, 2.45) is 0 Å². The summed E-state index contributed by atoms with van der Waals surface area (Å²) >= 11 is 14.0. The maximum absolute atomic E-state index is 11.6. The van der Waals surface area contributed by atoms with E-state index in [1.807, 2.05) is 12.1 Å². The molecule has 1 atom stereocenters. The van der Waals surface area contributed by atoms with Gasteiger partial charge in [0.15, 0.2) is 0 Å². The van der Waals surface area contributed by atoms with Crippen molar-refractivity contribution >= 4 is 57.4 Å². The molecule has 1 heterocycles. The Balaban J connectivity index is 2.34. The van der Waals surface area contributed by atoms with E-state index >= 15 is 0 Å². The molecule has 1 aliphatic rings. The van der Waals surface area contributed by atoms with E-state index in [0.717, 1.165) is 9.26 Å². The topological polar surface area (TPSA) is 20.3 Å². The molecule has 0 spiro atoms. The van der Waals surface area contributed by atoms with Crippen molar-refractivity contribution in [1.82, 2.24) is 0 Å². The highest BCUT2D eigenvalue weighted by molar-refractivity contribution is 14.1. The molecule has 1 fully saturated rings. The summed E-state index contributed by atoms with van der Waals surface area (Å²) in [7, 11) is 0. The first kappa shape index (κ1) is 11.5. The smallest absolute Gasteiger partial charge is 0.228 e. The Morgan fingerprint density at radius 1 is 1.47 bits per heavy atom. The number of rotatable bonds is 1. The molecule has 1 saturated heterocycles. The summed E-state index contributed by atoms with van der Waals surface area (Å²) in [5.74, 6) is 0.0789. The number of hydrogen-bond acceptors (Lipinski definition) is 1. The highest BCUT2D eigenvalue weighted by Crippen LogP contribution is 2.30. The minimum absolute atomic E-state index is 0.0789. The third kappa shape index (κ3) is 2.40. The number of halogens is 3. The molecule has 1 unspecified atom stereocenters. The number of hydrogen-bond donors (Lipinski definition) is 0. The first-order valence-electron chi connectivity index (χ1n) is 4.47. The molecule has 80 valence electrons. The Labute approximate surface area is 112 Å². The van der Waals surface area contributed by atoms with Crippen LogP contribution in [-0.2, 0) is 4.79 Å². The monoisotopic (exact) mass is 355 g/mol. The van der Waals surface area contributed by atoms with Crippen molar-refractivity contribution < 1.29 is 4.79 Å². The second kappa shape index (κ2) is 4.47. The number of carbonyl (C=O) groups excluding carboxylic acids is 1. The van der Waals surface area contributed by atoms with Gasteiger partial charge in [-0.05, 0) is 40.8 Å². The lowest BCUT2D eigenvalue weighted by molar-refractivity contribution is -0.117. The van der Waals surface area contributed by atoms with Gasteiger partial charge in [0.05, 0.1) is 11.1 Å². The first-order chi connectivity index (χ1) is 7.08. The summed E-state index contributed by atoms with van der Waals surface area (Å²) in [6, 6.07) is 5.48. The molecule has 2 nitrogen and oxygen atoms in total. The SMILES string of the molecule is O=C1CC(Cl)CN1c1ccc(Cl)cc1I. The molecule has 1 aliphatic heterocycles. The minimum Gasteiger partial charge on any atom is -0.310 e. The summed E-state index contributed by atoms with van der Waals surface area (Å²) in [4.78, 5) is 13.3. The summed E-state index contributed by atoms with van der Waals surface area (Å²) in [5, 5.41) is 0.598. The molecule has 5 heteroatoms. The zero-order chi connectivity index (χ0) is 11.0. The van der Waals surface area contributed by atoms with Crippen LogP contribution in [0.5, 0.6) is 0 Å². The van der Waals surface area contributed by atoms with Crippen LogP contribution in [0.1, 0.15) is 6.42 Å². The molecule has 0 bridgehead atoms. The molecule has 0 aliphatic carbocycles. The van der Waals surface area contributed by atoms with Crippen LogP contribution in [0.4, 0.5) is 5.69 Å². The van der Waals surface area contributed by atoms with Crippen molar-refractivity contribution in [1.29, 1.82) is 0 Å². The number of anilines is 1. The Kier molecular flexibility index (Phi) is 3.42. The van der Waals surface area contributed by atoms with Gasteiger partial charge in [0.2, 0.25) is 5.91 Å². The molecule has 2 rings (SSSR count). The Bertz CT molecular complexity index is 410. The second-order valence-electron chi connectivity index (χ2n) is 3.40. The third-order valence-corrected chi connectivity index (χ3v) is 3.67. The molecular formula is C10H8Cl2INO. The maximum atomic E-state index is 11.6. The predicted octanol–water partition coefficient (Wildman–Crippen LogP) is 3.29. The van der Waals surface area contributed by atoms with Gasteiger partial charge in [-0.25, -0.2) is 0 Å². The van der Waals surface area contributed by atoms with Crippen molar-refractivity contribution in [3.8, 4) is 0 Å². The predicted molar refractivity (Wildman–Crippen MR) is 70.8 cm³/mol. The van der Waals surface area contributed by atoms with Gasteiger partial charge in [0.1, 0.15) is 0 Å². The third-order valence-electron chi connectivity index (χ3n) is 2.28. The molecule has 0 saturated carbocycles. The fourth-order valence-electron chi connectivity index (χ4n) is 1.60. The molecule has 0 radical (unpaired) electrons. The molecule has 0 N–H and O–H groups in total. The van der Waals surface area contributed by atoms with Gasteiger partial charge in [-0.2, -0.15) is 0 Å². The Hall–Kier alpha value is -0.000000000000000111. The molecule has 1 amide bonds. The van der Waals surface area contributed by atoms with Crippen LogP contribution in [0.2, 0.25) is 5.02 Å². The van der Waals surface area contributed by atoms with E-state index < -0.39 is 0 Å². The average molecular weight is 356 g/mol. The number of amides is 1. The first-order valence-corrected chi connectivity index (χ1v) is 6.36. The Morgan fingerprint density at radius 2 is 2.20 bits per heavy atom. The van der Waals surface area contributed by atoms with E-state index in [1.54, 1.807) is 11.0 Å². The van der Waals surface area contributed by atoms with Gasteiger partial charge in [-0.1, -0.05) is 11.6 Å². The average Bonchev–Trinajstić information content (AvgIpc) is 2.45. The zero-order valence-electron chi connectivity index (χ0n) is 7.71. The van der Waals surface area contributed by atoms with Gasteiger partial charge >= 0.3 is 0 Å². The van der Waals surface area contributed by atoms with Crippen LogP contribution in [0, 0.1) is 3.57 Å². The van der Waals surface area contributed by atoms with E-state index in [1.165, 1.54) is 0 Å². The van der Waals surface area contributed by atoms with Crippen molar-refractivity contribution in [3.63, 3.8) is 0 Å². The quantitative estimate of drug-likeness (QED) is 0.559.